The second kappa shape index (κ2) is 8.71. The molecule has 1 aliphatic rings. The van der Waals surface area contributed by atoms with Gasteiger partial charge in [0.25, 0.3) is 0 Å². The van der Waals surface area contributed by atoms with Crippen LogP contribution < -0.4 is 0 Å². The van der Waals surface area contributed by atoms with E-state index in [9.17, 15) is 0 Å². The molecule has 1 rings (SSSR count). The van der Waals surface area contributed by atoms with Crippen molar-refractivity contribution in [3.8, 4) is 0 Å². The van der Waals surface area contributed by atoms with Crippen molar-refractivity contribution in [2.24, 2.45) is 5.92 Å². The summed E-state index contributed by atoms with van der Waals surface area (Å²) in [6, 6.07) is 0.720. The van der Waals surface area contributed by atoms with E-state index in [4.69, 9.17) is 0 Å². The molecule has 0 unspecified atom stereocenters. The third kappa shape index (κ3) is 6.01. The molecule has 0 spiro atoms. The summed E-state index contributed by atoms with van der Waals surface area (Å²) in [7, 11) is 2.22. The van der Waals surface area contributed by atoms with Gasteiger partial charge in [-0.1, -0.05) is 19.1 Å². The fourth-order valence-corrected chi connectivity index (χ4v) is 2.71. The summed E-state index contributed by atoms with van der Waals surface area (Å²) >= 11 is 0. The molecule has 0 aliphatic carbocycles. The summed E-state index contributed by atoms with van der Waals surface area (Å²) in [5, 5.41) is 0. The lowest BCUT2D eigenvalue weighted by molar-refractivity contribution is 0.164. The van der Waals surface area contributed by atoms with Gasteiger partial charge >= 0.3 is 0 Å². The van der Waals surface area contributed by atoms with Gasteiger partial charge in [0, 0.05) is 12.6 Å². The van der Waals surface area contributed by atoms with Gasteiger partial charge in [-0.3, -0.25) is 0 Å². The smallest absolute Gasteiger partial charge is 0.00385 e. The summed E-state index contributed by atoms with van der Waals surface area (Å²) in [5.41, 5.74) is 0. The van der Waals surface area contributed by atoms with E-state index in [1.165, 1.54) is 51.9 Å². The van der Waals surface area contributed by atoms with Crippen LogP contribution in [0.5, 0.6) is 0 Å². The van der Waals surface area contributed by atoms with Crippen molar-refractivity contribution in [2.45, 2.75) is 52.5 Å². The van der Waals surface area contributed by atoms with Gasteiger partial charge in [0.1, 0.15) is 0 Å². The van der Waals surface area contributed by atoms with Crippen LogP contribution in [0.2, 0.25) is 0 Å². The molecule has 0 bridgehead atoms. The Morgan fingerprint density at radius 3 is 2.44 bits per heavy atom. The highest BCUT2D eigenvalue weighted by molar-refractivity contribution is 4.92. The molecule has 0 amide bonds. The molecule has 2 heteroatoms. The third-order valence-corrected chi connectivity index (χ3v) is 4.00. The minimum absolute atomic E-state index is 0.720. The fraction of sp³-hybridized carbons (Fsp3) is 0.875. The van der Waals surface area contributed by atoms with Crippen LogP contribution >= 0.6 is 0 Å². The molecule has 1 saturated heterocycles. The number of likely N-dealkylation sites (tertiary alicyclic amines) is 1. The highest BCUT2D eigenvalue weighted by Crippen LogP contribution is 2.20. The van der Waals surface area contributed by atoms with Crippen molar-refractivity contribution >= 4 is 0 Å². The molecule has 0 aromatic rings. The molecule has 0 aromatic heterocycles. The summed E-state index contributed by atoms with van der Waals surface area (Å²) < 4.78 is 0. The quantitative estimate of drug-likeness (QED) is 0.641. The summed E-state index contributed by atoms with van der Waals surface area (Å²) in [4.78, 5) is 5.02. The first-order valence-electron chi connectivity index (χ1n) is 7.72. The zero-order chi connectivity index (χ0) is 13.4. The number of hydrogen-bond acceptors (Lipinski definition) is 2. The first-order valence-corrected chi connectivity index (χ1v) is 7.72. The van der Waals surface area contributed by atoms with Crippen molar-refractivity contribution in [1.29, 1.82) is 0 Å². The van der Waals surface area contributed by atoms with Gasteiger partial charge in [-0.15, -0.1) is 0 Å². The van der Waals surface area contributed by atoms with Gasteiger partial charge in [-0.05, 0) is 72.1 Å². The van der Waals surface area contributed by atoms with Crippen molar-refractivity contribution in [1.82, 2.24) is 9.80 Å². The van der Waals surface area contributed by atoms with E-state index in [0.717, 1.165) is 12.0 Å². The lowest BCUT2D eigenvalue weighted by atomic mass is 9.95. The Morgan fingerprint density at radius 1 is 1.22 bits per heavy atom. The molecular formula is C16H32N2. The molecule has 18 heavy (non-hydrogen) atoms. The monoisotopic (exact) mass is 252 g/mol. The second-order valence-electron chi connectivity index (χ2n) is 5.99. The molecule has 0 aromatic carbocycles. The average Bonchev–Trinajstić information content (AvgIpc) is 2.35. The highest BCUT2D eigenvalue weighted by Gasteiger charge is 2.18. The maximum atomic E-state index is 2.60. The zero-order valence-electron chi connectivity index (χ0n) is 12.9. The second-order valence-corrected chi connectivity index (χ2v) is 5.99. The van der Waals surface area contributed by atoms with E-state index in [2.05, 4.69) is 49.8 Å². The Labute approximate surface area is 114 Å². The van der Waals surface area contributed by atoms with E-state index in [0.29, 0.717) is 0 Å². The minimum atomic E-state index is 0.720. The topological polar surface area (TPSA) is 6.48 Å². The molecule has 2 nitrogen and oxygen atoms in total. The van der Waals surface area contributed by atoms with Crippen LogP contribution in [0.3, 0.4) is 0 Å². The van der Waals surface area contributed by atoms with Crippen molar-refractivity contribution in [2.75, 3.05) is 33.2 Å². The van der Waals surface area contributed by atoms with Crippen LogP contribution in [-0.2, 0) is 0 Å². The Morgan fingerprint density at radius 2 is 1.89 bits per heavy atom. The van der Waals surface area contributed by atoms with Gasteiger partial charge < -0.3 is 9.80 Å². The van der Waals surface area contributed by atoms with Crippen LogP contribution in [-0.4, -0.2) is 49.1 Å². The Hall–Kier alpha value is -0.340. The predicted molar refractivity (Wildman–Crippen MR) is 81.0 cm³/mol. The first kappa shape index (κ1) is 15.7. The maximum absolute atomic E-state index is 2.60. The standard InChI is InChI=1S/C16H32N2/c1-5-11-17(4)12-7-6-8-16-9-13-18(14-10-16)15(2)3/h6,8,15-16H,5,7,9-14H2,1-4H3/b8-6-. The van der Waals surface area contributed by atoms with Gasteiger partial charge in [-0.2, -0.15) is 0 Å². The molecule has 1 heterocycles. The van der Waals surface area contributed by atoms with Gasteiger partial charge in [0.15, 0.2) is 0 Å². The maximum Gasteiger partial charge on any atom is 0.00385 e. The average molecular weight is 252 g/mol. The molecule has 1 fully saturated rings. The summed E-state index contributed by atoms with van der Waals surface area (Å²) in [5.74, 6) is 0.830. The van der Waals surface area contributed by atoms with Gasteiger partial charge in [-0.25, -0.2) is 0 Å². The highest BCUT2D eigenvalue weighted by atomic mass is 15.1. The van der Waals surface area contributed by atoms with Crippen LogP contribution in [0.25, 0.3) is 0 Å². The van der Waals surface area contributed by atoms with E-state index < -0.39 is 0 Å². The predicted octanol–water partition coefficient (Wildman–Crippen LogP) is 3.39. The molecule has 106 valence electrons. The lowest BCUT2D eigenvalue weighted by Gasteiger charge is -2.33. The first-order chi connectivity index (χ1) is 8.63. The van der Waals surface area contributed by atoms with Crippen LogP contribution in [0.15, 0.2) is 12.2 Å². The largest absolute Gasteiger partial charge is 0.306 e. The lowest BCUT2D eigenvalue weighted by Crippen LogP contribution is -2.38. The third-order valence-electron chi connectivity index (χ3n) is 4.00. The van der Waals surface area contributed by atoms with Crippen molar-refractivity contribution < 1.29 is 0 Å². The SMILES string of the molecule is CCCN(C)CC/C=C\C1CCN(C(C)C)CC1. The normalized spacial score (nSPS) is 19.4. The molecule has 0 radical (unpaired) electrons. The van der Waals surface area contributed by atoms with Crippen LogP contribution in [0, 0.1) is 5.92 Å². The van der Waals surface area contributed by atoms with Crippen LogP contribution in [0.4, 0.5) is 0 Å². The Kier molecular flexibility index (Phi) is 7.60. The van der Waals surface area contributed by atoms with E-state index in [1.54, 1.807) is 0 Å². The van der Waals surface area contributed by atoms with E-state index in [1.807, 2.05) is 0 Å². The Bertz CT molecular complexity index is 227. The molecule has 1 aliphatic heterocycles. The number of allylic oxidation sites excluding steroid dienone is 1. The number of nitrogens with zero attached hydrogens (tertiary/aromatic N) is 2. The van der Waals surface area contributed by atoms with E-state index in [-0.39, 0.29) is 0 Å². The van der Waals surface area contributed by atoms with Crippen LogP contribution in [0.1, 0.15) is 46.5 Å². The Balaban J connectivity index is 2.13. The molecule has 0 saturated carbocycles. The minimum Gasteiger partial charge on any atom is -0.306 e. The van der Waals surface area contributed by atoms with Crippen molar-refractivity contribution in [3.05, 3.63) is 12.2 Å². The summed E-state index contributed by atoms with van der Waals surface area (Å²) in [6.45, 7) is 11.8. The van der Waals surface area contributed by atoms with Gasteiger partial charge in [0.2, 0.25) is 0 Å². The number of piperidine rings is 1. The van der Waals surface area contributed by atoms with E-state index >= 15 is 0 Å². The number of hydrogen-bond donors (Lipinski definition) is 0. The number of rotatable bonds is 7. The van der Waals surface area contributed by atoms with Crippen molar-refractivity contribution in [3.63, 3.8) is 0 Å². The zero-order valence-corrected chi connectivity index (χ0v) is 12.9. The molecule has 0 atom stereocenters. The fourth-order valence-electron chi connectivity index (χ4n) is 2.71. The molecule has 0 N–H and O–H groups in total. The summed E-state index contributed by atoms with van der Waals surface area (Å²) in [6.07, 6.45) is 10.0. The van der Waals surface area contributed by atoms with Gasteiger partial charge in [0.05, 0.1) is 0 Å². The molecular weight excluding hydrogens is 220 g/mol.